The summed E-state index contributed by atoms with van der Waals surface area (Å²) in [4.78, 5) is 25.3. The van der Waals surface area contributed by atoms with Gasteiger partial charge in [-0.2, -0.15) is 0 Å². The number of benzene rings is 1. The lowest BCUT2D eigenvalue weighted by Crippen LogP contribution is -2.81. The molecule has 5 aliphatic rings. The molecule has 1 aromatic carbocycles. The number of hydrogen-bond donors (Lipinski definition) is 1. The van der Waals surface area contributed by atoms with Gasteiger partial charge in [0.1, 0.15) is 6.04 Å². The number of carbonyl (C=O) groups is 2. The number of ether oxygens (including phenoxy) is 2. The first-order valence-corrected chi connectivity index (χ1v) is 10.6. The molecule has 3 fully saturated rings. The minimum absolute atomic E-state index is 0.00179. The van der Waals surface area contributed by atoms with Gasteiger partial charge in [0.2, 0.25) is 0 Å². The van der Waals surface area contributed by atoms with Crippen LogP contribution >= 0.6 is 0 Å². The monoisotopic (exact) mass is 399 g/mol. The first-order valence-electron chi connectivity index (χ1n) is 10.6. The van der Waals surface area contributed by atoms with Crippen LogP contribution in [-0.2, 0) is 26.2 Å². The van der Waals surface area contributed by atoms with E-state index >= 15 is 0 Å². The smallest absolute Gasteiger partial charge is 0.303 e. The standard InChI is InChI=1S/C22H25NO6/c1-12(24)29-22-7-6-16(26)20-21(22)8-9-23(27,11-13-2-3-13)17(22)10-14-4-5-15(25)19(28-20)18(14)21/h4-5,13,17,20,25H,2-3,6-11H2,1H3/t17-,20+,21+,22?,23?/m1/s1. The second kappa shape index (κ2) is 5.32. The average molecular weight is 399 g/mol. The number of piperidine rings is 1. The van der Waals surface area contributed by atoms with Crippen LogP contribution in [0.25, 0.3) is 0 Å². The van der Waals surface area contributed by atoms with E-state index in [1.54, 1.807) is 6.07 Å². The first kappa shape index (κ1) is 17.7. The molecule has 1 N–H and O–H groups in total. The fraction of sp³-hybridized carbons (Fsp3) is 0.636. The highest BCUT2D eigenvalue weighted by Crippen LogP contribution is 2.67. The molecule has 2 bridgehead atoms. The van der Waals surface area contributed by atoms with Crippen LogP contribution < -0.4 is 4.74 Å². The minimum Gasteiger partial charge on any atom is -0.632 e. The van der Waals surface area contributed by atoms with Crippen LogP contribution in [0.4, 0.5) is 0 Å². The summed E-state index contributed by atoms with van der Waals surface area (Å²) >= 11 is 0. The van der Waals surface area contributed by atoms with Crippen LogP contribution in [0, 0.1) is 11.1 Å². The molecule has 2 aliphatic heterocycles. The molecule has 7 nitrogen and oxygen atoms in total. The van der Waals surface area contributed by atoms with Crippen molar-refractivity contribution >= 4 is 11.8 Å². The number of nitrogens with zero attached hydrogens (tertiary/aromatic N) is 1. The summed E-state index contributed by atoms with van der Waals surface area (Å²) in [6.45, 7) is 2.30. The number of aromatic hydroxyl groups is 1. The van der Waals surface area contributed by atoms with Crippen LogP contribution in [0.2, 0.25) is 0 Å². The first-order chi connectivity index (χ1) is 13.8. The van der Waals surface area contributed by atoms with Gasteiger partial charge in [0.25, 0.3) is 0 Å². The van der Waals surface area contributed by atoms with Gasteiger partial charge >= 0.3 is 5.97 Å². The number of phenolic OH excluding ortho intramolecular Hbond substituents is 1. The number of quaternary nitrogens is 1. The van der Waals surface area contributed by atoms with Gasteiger partial charge in [-0.1, -0.05) is 6.07 Å². The Morgan fingerprint density at radius 2 is 2.17 bits per heavy atom. The predicted molar refractivity (Wildman–Crippen MR) is 101 cm³/mol. The molecule has 0 aromatic heterocycles. The third kappa shape index (κ3) is 2.00. The van der Waals surface area contributed by atoms with E-state index in [0.29, 0.717) is 44.0 Å². The molecule has 3 aliphatic carbocycles. The molecular formula is C22H25NO6. The van der Waals surface area contributed by atoms with Crippen LogP contribution in [0.3, 0.4) is 0 Å². The van der Waals surface area contributed by atoms with Crippen molar-refractivity contribution in [1.29, 1.82) is 0 Å². The molecule has 2 heterocycles. The molecule has 1 saturated heterocycles. The van der Waals surface area contributed by atoms with Gasteiger partial charge in [-0.05, 0) is 24.5 Å². The number of hydrogen-bond acceptors (Lipinski definition) is 6. The maximum atomic E-state index is 14.2. The van der Waals surface area contributed by atoms with Gasteiger partial charge in [-0.3, -0.25) is 9.59 Å². The second-order valence-corrected chi connectivity index (χ2v) is 9.64. The Kier molecular flexibility index (Phi) is 3.25. The van der Waals surface area contributed by atoms with Crippen molar-refractivity contribution in [2.75, 3.05) is 13.1 Å². The van der Waals surface area contributed by atoms with E-state index in [4.69, 9.17) is 9.47 Å². The molecule has 2 saturated carbocycles. The third-order valence-electron chi connectivity index (χ3n) is 8.14. The van der Waals surface area contributed by atoms with Crippen molar-refractivity contribution in [2.24, 2.45) is 5.92 Å². The Balaban J connectivity index is 1.63. The maximum Gasteiger partial charge on any atom is 0.303 e. The van der Waals surface area contributed by atoms with Crippen LogP contribution in [0.15, 0.2) is 12.1 Å². The summed E-state index contributed by atoms with van der Waals surface area (Å²) in [5.41, 5.74) is -0.212. The maximum absolute atomic E-state index is 14.2. The quantitative estimate of drug-likeness (QED) is 0.475. The number of Topliss-reactive ketones (excluding diaryl/α,β-unsaturated/α-hetero) is 1. The lowest BCUT2D eigenvalue weighted by molar-refractivity contribution is -0.923. The number of carbonyl (C=O) groups excluding carboxylic acids is 2. The summed E-state index contributed by atoms with van der Waals surface area (Å²) in [5.74, 6) is 0.309. The number of rotatable bonds is 3. The Hall–Kier alpha value is -2.12. The summed E-state index contributed by atoms with van der Waals surface area (Å²) in [5, 5.41) is 24.7. The van der Waals surface area contributed by atoms with Crippen molar-refractivity contribution in [3.05, 3.63) is 28.5 Å². The highest BCUT2D eigenvalue weighted by molar-refractivity contribution is 5.90. The van der Waals surface area contributed by atoms with E-state index in [1.165, 1.54) is 6.92 Å². The van der Waals surface area contributed by atoms with E-state index in [2.05, 4.69) is 0 Å². The number of phenols is 1. The lowest BCUT2D eigenvalue weighted by atomic mass is 9.48. The number of esters is 1. The molecule has 6 rings (SSSR count). The normalized spacial score (nSPS) is 41.5. The molecule has 7 heteroatoms. The number of hydroxylamine groups is 3. The van der Waals surface area contributed by atoms with Crippen molar-refractivity contribution in [3.63, 3.8) is 0 Å². The molecule has 0 amide bonds. The van der Waals surface area contributed by atoms with Crippen molar-refractivity contribution < 1.29 is 28.8 Å². The fourth-order valence-electron chi connectivity index (χ4n) is 6.97. The second-order valence-electron chi connectivity index (χ2n) is 9.64. The SMILES string of the molecule is CC(=O)OC12CCC(=O)[C@@H]3Oc4c(O)ccc5c4[C@@]31CC[N+]([O-])(CC1CC1)[C@@H]2C5. The summed E-state index contributed by atoms with van der Waals surface area (Å²) in [6, 6.07) is 2.97. The van der Waals surface area contributed by atoms with E-state index < -0.39 is 29.1 Å². The number of likely N-dealkylation sites (tertiary alicyclic amines) is 1. The summed E-state index contributed by atoms with van der Waals surface area (Å²) in [6.07, 6.45) is 2.81. The molecule has 1 spiro atoms. The van der Waals surface area contributed by atoms with E-state index in [1.807, 2.05) is 6.07 Å². The minimum atomic E-state index is -1.07. The lowest BCUT2D eigenvalue weighted by Gasteiger charge is -2.67. The van der Waals surface area contributed by atoms with Gasteiger partial charge in [-0.15, -0.1) is 0 Å². The van der Waals surface area contributed by atoms with Gasteiger partial charge in [-0.25, -0.2) is 0 Å². The Labute approximate surface area is 168 Å². The molecule has 29 heavy (non-hydrogen) atoms. The molecule has 2 unspecified atom stereocenters. The van der Waals surface area contributed by atoms with Gasteiger partial charge in [0, 0.05) is 44.1 Å². The van der Waals surface area contributed by atoms with Gasteiger partial charge < -0.3 is 24.4 Å². The molecule has 0 radical (unpaired) electrons. The molecule has 5 atom stereocenters. The van der Waals surface area contributed by atoms with E-state index in [0.717, 1.165) is 24.0 Å². The highest BCUT2D eigenvalue weighted by atomic mass is 16.6. The van der Waals surface area contributed by atoms with Crippen molar-refractivity contribution in [3.8, 4) is 11.5 Å². The van der Waals surface area contributed by atoms with Gasteiger partial charge in [0.15, 0.2) is 29.0 Å². The van der Waals surface area contributed by atoms with E-state index in [9.17, 15) is 19.9 Å². The van der Waals surface area contributed by atoms with Crippen molar-refractivity contribution in [2.45, 2.75) is 68.6 Å². The zero-order chi connectivity index (χ0) is 20.2. The summed E-state index contributed by atoms with van der Waals surface area (Å²) in [7, 11) is 0. The predicted octanol–water partition coefficient (Wildman–Crippen LogP) is 2.11. The largest absolute Gasteiger partial charge is 0.632 e. The van der Waals surface area contributed by atoms with E-state index in [-0.39, 0.29) is 22.6 Å². The molecule has 154 valence electrons. The Morgan fingerprint density at radius 1 is 1.38 bits per heavy atom. The third-order valence-corrected chi connectivity index (χ3v) is 8.14. The summed E-state index contributed by atoms with van der Waals surface area (Å²) < 4.78 is 11.8. The fourth-order valence-corrected chi connectivity index (χ4v) is 6.97. The topological polar surface area (TPSA) is 95.9 Å². The van der Waals surface area contributed by atoms with Gasteiger partial charge in [0.05, 0.1) is 18.5 Å². The Bertz CT molecular complexity index is 957. The van der Waals surface area contributed by atoms with Crippen LogP contribution in [0.1, 0.15) is 50.2 Å². The van der Waals surface area contributed by atoms with Crippen LogP contribution in [0.5, 0.6) is 11.5 Å². The highest BCUT2D eigenvalue weighted by Gasteiger charge is 2.78. The average Bonchev–Trinajstić information content (AvgIpc) is 3.38. The number of ketones is 1. The zero-order valence-electron chi connectivity index (χ0n) is 16.5. The zero-order valence-corrected chi connectivity index (χ0v) is 16.5. The molecular weight excluding hydrogens is 374 g/mol. The van der Waals surface area contributed by atoms with Crippen LogP contribution in [-0.4, -0.2) is 52.3 Å². The van der Waals surface area contributed by atoms with Crippen molar-refractivity contribution in [1.82, 2.24) is 0 Å². The Morgan fingerprint density at radius 3 is 2.90 bits per heavy atom. The molecule has 1 aromatic rings.